The highest BCUT2D eigenvalue weighted by molar-refractivity contribution is 5.65. The largest absolute Gasteiger partial charge is 0.463 e. The summed E-state index contributed by atoms with van der Waals surface area (Å²) in [7, 11) is 0. The van der Waals surface area contributed by atoms with E-state index in [4.69, 9.17) is 10.4 Å². The minimum absolute atomic E-state index is 0.00667. The van der Waals surface area contributed by atoms with E-state index in [2.05, 4.69) is 4.74 Å². The third-order valence-electron chi connectivity index (χ3n) is 0.806. The number of aliphatic hydroxyl groups is 1. The summed E-state index contributed by atoms with van der Waals surface area (Å²) in [6, 6.07) is 1.75. The second-order valence-electron chi connectivity index (χ2n) is 1.82. The molecule has 0 fully saturated rings. The van der Waals surface area contributed by atoms with Crippen LogP contribution in [0.4, 0.5) is 0 Å². The Hall–Kier alpha value is -1.08. The molecule has 0 aromatic heterocycles. The maximum Gasteiger partial charge on any atom is 0.302 e. The molecule has 0 saturated carbocycles. The molecular weight excluding hydrogens is 134 g/mol. The molecule has 0 bridgehead atoms. The third kappa shape index (κ3) is 5.06. The van der Waals surface area contributed by atoms with Crippen LogP contribution in [0.15, 0.2) is 0 Å². The molecule has 1 unspecified atom stereocenters. The Morgan fingerprint density at radius 1 is 1.90 bits per heavy atom. The summed E-state index contributed by atoms with van der Waals surface area (Å²) in [5.41, 5.74) is 0. The van der Waals surface area contributed by atoms with Crippen LogP contribution >= 0.6 is 0 Å². The number of carbonyl (C=O) groups is 1. The number of aliphatic hydroxyl groups excluding tert-OH is 1. The summed E-state index contributed by atoms with van der Waals surface area (Å²) in [6.07, 6.45) is -0.860. The average molecular weight is 143 g/mol. The number of esters is 1. The van der Waals surface area contributed by atoms with Crippen LogP contribution in [0.2, 0.25) is 0 Å². The minimum Gasteiger partial charge on any atom is -0.463 e. The van der Waals surface area contributed by atoms with Gasteiger partial charge in [-0.2, -0.15) is 5.26 Å². The van der Waals surface area contributed by atoms with E-state index in [1.54, 1.807) is 6.07 Å². The van der Waals surface area contributed by atoms with Crippen LogP contribution in [0, 0.1) is 11.3 Å². The van der Waals surface area contributed by atoms with Crippen LogP contribution in [0.3, 0.4) is 0 Å². The molecule has 10 heavy (non-hydrogen) atoms. The lowest BCUT2D eigenvalue weighted by atomic mass is 10.3. The fourth-order valence-corrected chi connectivity index (χ4v) is 0.378. The summed E-state index contributed by atoms with van der Waals surface area (Å²) in [5, 5.41) is 16.8. The fourth-order valence-electron chi connectivity index (χ4n) is 0.378. The van der Waals surface area contributed by atoms with Gasteiger partial charge in [-0.05, 0) is 0 Å². The Kier molecular flexibility index (Phi) is 4.25. The van der Waals surface area contributed by atoms with Crippen molar-refractivity contribution in [2.45, 2.75) is 19.4 Å². The van der Waals surface area contributed by atoms with Crippen LogP contribution in [-0.2, 0) is 9.53 Å². The Labute approximate surface area is 59.0 Å². The highest BCUT2D eigenvalue weighted by atomic mass is 16.5. The molecule has 0 radical (unpaired) electrons. The van der Waals surface area contributed by atoms with Gasteiger partial charge in [-0.15, -0.1) is 0 Å². The van der Waals surface area contributed by atoms with Crippen molar-refractivity contribution in [1.82, 2.24) is 0 Å². The average Bonchev–Trinajstić information content (AvgIpc) is 1.85. The monoisotopic (exact) mass is 143 g/mol. The number of hydrogen-bond acceptors (Lipinski definition) is 4. The van der Waals surface area contributed by atoms with E-state index < -0.39 is 12.1 Å². The Bertz CT molecular complexity index is 150. The number of hydrogen-bond donors (Lipinski definition) is 1. The van der Waals surface area contributed by atoms with Gasteiger partial charge in [0.15, 0.2) is 0 Å². The van der Waals surface area contributed by atoms with Gasteiger partial charge in [-0.25, -0.2) is 0 Å². The van der Waals surface area contributed by atoms with Crippen molar-refractivity contribution in [2.75, 3.05) is 6.61 Å². The first-order valence-corrected chi connectivity index (χ1v) is 2.85. The number of nitrogens with zero attached hydrogens (tertiary/aromatic N) is 1. The second kappa shape index (κ2) is 4.77. The van der Waals surface area contributed by atoms with Crippen molar-refractivity contribution < 1.29 is 14.6 Å². The quantitative estimate of drug-likeness (QED) is 0.556. The van der Waals surface area contributed by atoms with Crippen molar-refractivity contribution in [3.8, 4) is 6.07 Å². The molecule has 0 aromatic carbocycles. The highest BCUT2D eigenvalue weighted by Crippen LogP contribution is 1.90. The van der Waals surface area contributed by atoms with E-state index in [0.29, 0.717) is 0 Å². The first kappa shape index (κ1) is 8.92. The molecule has 0 aliphatic carbocycles. The normalized spacial score (nSPS) is 11.7. The fraction of sp³-hybridized carbons (Fsp3) is 0.667. The molecule has 56 valence electrons. The van der Waals surface area contributed by atoms with E-state index >= 15 is 0 Å². The maximum absolute atomic E-state index is 10.1. The van der Waals surface area contributed by atoms with E-state index in [-0.39, 0.29) is 13.0 Å². The molecule has 0 aromatic rings. The van der Waals surface area contributed by atoms with Crippen LogP contribution in [0.1, 0.15) is 13.3 Å². The van der Waals surface area contributed by atoms with E-state index in [9.17, 15) is 4.79 Å². The smallest absolute Gasteiger partial charge is 0.302 e. The second-order valence-corrected chi connectivity index (χ2v) is 1.82. The van der Waals surface area contributed by atoms with E-state index in [1.165, 1.54) is 6.92 Å². The summed E-state index contributed by atoms with van der Waals surface area (Å²) >= 11 is 0. The van der Waals surface area contributed by atoms with Gasteiger partial charge in [-0.1, -0.05) is 0 Å². The number of rotatable bonds is 3. The number of nitriles is 1. The zero-order chi connectivity index (χ0) is 7.98. The van der Waals surface area contributed by atoms with Crippen molar-refractivity contribution in [3.05, 3.63) is 0 Å². The van der Waals surface area contributed by atoms with E-state index in [0.717, 1.165) is 0 Å². The topological polar surface area (TPSA) is 70.3 Å². The van der Waals surface area contributed by atoms with Gasteiger partial charge in [0.25, 0.3) is 0 Å². The van der Waals surface area contributed by atoms with Crippen molar-refractivity contribution in [3.63, 3.8) is 0 Å². The minimum atomic E-state index is -0.853. The first-order valence-electron chi connectivity index (χ1n) is 2.85. The lowest BCUT2D eigenvalue weighted by molar-refractivity contribution is -0.143. The molecule has 0 heterocycles. The Morgan fingerprint density at radius 3 is 2.90 bits per heavy atom. The lowest BCUT2D eigenvalue weighted by Crippen LogP contribution is -2.16. The van der Waals surface area contributed by atoms with Gasteiger partial charge in [0.2, 0.25) is 0 Å². The molecule has 0 saturated heterocycles. The Balaban J connectivity index is 3.32. The first-order chi connectivity index (χ1) is 4.66. The van der Waals surface area contributed by atoms with Crippen molar-refractivity contribution in [1.29, 1.82) is 5.26 Å². The van der Waals surface area contributed by atoms with Crippen LogP contribution in [0.5, 0.6) is 0 Å². The van der Waals surface area contributed by atoms with Gasteiger partial charge >= 0.3 is 5.97 Å². The lowest BCUT2D eigenvalue weighted by Gasteiger charge is -2.04. The molecule has 0 amide bonds. The van der Waals surface area contributed by atoms with Crippen LogP contribution < -0.4 is 0 Å². The molecular formula is C6H9NO3. The van der Waals surface area contributed by atoms with Gasteiger partial charge in [0.1, 0.15) is 12.7 Å². The van der Waals surface area contributed by atoms with Gasteiger partial charge in [0.05, 0.1) is 12.5 Å². The zero-order valence-electron chi connectivity index (χ0n) is 5.70. The Morgan fingerprint density at radius 2 is 2.50 bits per heavy atom. The van der Waals surface area contributed by atoms with Gasteiger partial charge < -0.3 is 9.84 Å². The molecule has 4 heteroatoms. The summed E-state index contributed by atoms with van der Waals surface area (Å²) < 4.78 is 4.42. The van der Waals surface area contributed by atoms with Crippen LogP contribution in [-0.4, -0.2) is 23.8 Å². The van der Waals surface area contributed by atoms with Crippen LogP contribution in [0.25, 0.3) is 0 Å². The van der Waals surface area contributed by atoms with Crippen molar-refractivity contribution >= 4 is 5.97 Å². The van der Waals surface area contributed by atoms with Crippen molar-refractivity contribution in [2.24, 2.45) is 0 Å². The zero-order valence-corrected chi connectivity index (χ0v) is 5.70. The predicted molar refractivity (Wildman–Crippen MR) is 32.9 cm³/mol. The number of carbonyl (C=O) groups excluding carboxylic acids is 1. The standard InChI is InChI=1S/C6H9NO3/c1-5(8)10-4-6(9)2-3-7/h6,9H,2,4H2,1H3. The molecule has 0 spiro atoms. The maximum atomic E-state index is 10.1. The summed E-state index contributed by atoms with van der Waals surface area (Å²) in [6.45, 7) is 1.15. The molecule has 1 N–H and O–H groups in total. The third-order valence-corrected chi connectivity index (χ3v) is 0.806. The molecule has 0 aliphatic heterocycles. The predicted octanol–water partition coefficient (Wildman–Crippen LogP) is -0.176. The summed E-state index contributed by atoms with van der Waals surface area (Å²) in [5.74, 6) is -0.447. The SMILES string of the molecule is CC(=O)OCC(O)CC#N. The molecule has 1 atom stereocenters. The van der Waals surface area contributed by atoms with Gasteiger partial charge in [-0.3, -0.25) is 4.79 Å². The summed E-state index contributed by atoms with van der Waals surface area (Å²) in [4.78, 5) is 10.1. The van der Waals surface area contributed by atoms with E-state index in [1.807, 2.05) is 0 Å². The molecule has 0 rings (SSSR count). The molecule has 4 nitrogen and oxygen atoms in total. The molecule has 0 aliphatic rings. The van der Waals surface area contributed by atoms with Gasteiger partial charge in [0, 0.05) is 6.92 Å². The number of ether oxygens (including phenoxy) is 1. The highest BCUT2D eigenvalue weighted by Gasteiger charge is 2.03.